The molecule has 0 spiro atoms. The lowest BCUT2D eigenvalue weighted by Crippen LogP contribution is -2.56. The van der Waals surface area contributed by atoms with Crippen LogP contribution in [0.1, 0.15) is 43.0 Å². The van der Waals surface area contributed by atoms with Crippen molar-refractivity contribution < 1.29 is 24.2 Å². The first-order chi connectivity index (χ1) is 11.4. The number of ether oxygens (including phenoxy) is 1. The average molecular weight is 334 g/mol. The average Bonchev–Trinajstić information content (AvgIpc) is 2.51. The molecule has 1 aliphatic carbocycles. The topological polar surface area (TPSA) is 105 Å². The first-order valence-corrected chi connectivity index (χ1v) is 7.98. The summed E-state index contributed by atoms with van der Waals surface area (Å²) in [7, 11) is 0. The van der Waals surface area contributed by atoms with E-state index in [0.29, 0.717) is 30.8 Å². The minimum absolute atomic E-state index is 0.0917. The lowest BCUT2D eigenvalue weighted by Gasteiger charge is -2.41. The molecule has 1 fully saturated rings. The van der Waals surface area contributed by atoms with Gasteiger partial charge in [-0.2, -0.15) is 0 Å². The minimum Gasteiger partial charge on any atom is -0.494 e. The number of nitrogens with one attached hydrogen (secondary N) is 2. The van der Waals surface area contributed by atoms with Gasteiger partial charge in [0, 0.05) is 5.56 Å². The number of benzene rings is 1. The predicted octanol–water partition coefficient (Wildman–Crippen LogP) is 1.33. The molecular formula is C17H22N2O5. The van der Waals surface area contributed by atoms with Gasteiger partial charge in [-0.15, -0.1) is 0 Å². The van der Waals surface area contributed by atoms with Crippen LogP contribution in [-0.4, -0.2) is 41.6 Å². The zero-order chi connectivity index (χ0) is 17.6. The van der Waals surface area contributed by atoms with Gasteiger partial charge in [-0.1, -0.05) is 0 Å². The number of carbonyl (C=O) groups is 3. The fourth-order valence-corrected chi connectivity index (χ4v) is 2.71. The first kappa shape index (κ1) is 17.8. The maximum absolute atomic E-state index is 12.0. The molecule has 1 aromatic rings. The monoisotopic (exact) mass is 334 g/mol. The third-order valence-corrected chi connectivity index (χ3v) is 4.04. The zero-order valence-electron chi connectivity index (χ0n) is 13.6. The molecule has 7 heteroatoms. The number of aliphatic carboxylic acids is 1. The second-order valence-corrected chi connectivity index (χ2v) is 5.89. The molecular weight excluding hydrogens is 312 g/mol. The highest BCUT2D eigenvalue weighted by molar-refractivity contribution is 5.96. The highest BCUT2D eigenvalue weighted by atomic mass is 16.5. The van der Waals surface area contributed by atoms with Crippen molar-refractivity contribution in [1.82, 2.24) is 10.6 Å². The molecule has 0 heterocycles. The number of carbonyl (C=O) groups excluding carboxylic acids is 2. The van der Waals surface area contributed by atoms with Crippen LogP contribution in [-0.2, 0) is 9.59 Å². The lowest BCUT2D eigenvalue weighted by atomic mass is 9.74. The molecule has 0 unspecified atom stereocenters. The van der Waals surface area contributed by atoms with Crippen LogP contribution in [0.3, 0.4) is 0 Å². The van der Waals surface area contributed by atoms with E-state index >= 15 is 0 Å². The summed E-state index contributed by atoms with van der Waals surface area (Å²) in [6, 6.07) is 6.62. The van der Waals surface area contributed by atoms with Crippen molar-refractivity contribution in [3.63, 3.8) is 0 Å². The Hall–Kier alpha value is -2.57. The molecule has 3 N–H and O–H groups in total. The van der Waals surface area contributed by atoms with Gasteiger partial charge >= 0.3 is 5.97 Å². The molecule has 1 saturated carbocycles. The quantitative estimate of drug-likeness (QED) is 0.665. The van der Waals surface area contributed by atoms with Crippen molar-refractivity contribution in [2.75, 3.05) is 13.2 Å². The van der Waals surface area contributed by atoms with E-state index in [9.17, 15) is 14.4 Å². The van der Waals surface area contributed by atoms with E-state index in [0.717, 1.165) is 6.42 Å². The Labute approximate surface area is 140 Å². The first-order valence-electron chi connectivity index (χ1n) is 7.98. The van der Waals surface area contributed by atoms with Gasteiger partial charge in [0.05, 0.1) is 25.1 Å². The Morgan fingerprint density at radius 1 is 1.21 bits per heavy atom. The molecule has 1 aromatic carbocycles. The molecule has 0 atom stereocenters. The second kappa shape index (κ2) is 7.81. The molecule has 2 amide bonds. The molecule has 1 aliphatic rings. The number of carboxylic acid groups (broad SMARTS) is 1. The Kier molecular flexibility index (Phi) is 5.78. The molecule has 0 aliphatic heterocycles. The highest BCUT2D eigenvalue weighted by Gasteiger charge is 2.40. The van der Waals surface area contributed by atoms with Gasteiger partial charge in [0.2, 0.25) is 5.91 Å². The van der Waals surface area contributed by atoms with Crippen molar-refractivity contribution in [2.24, 2.45) is 0 Å². The third kappa shape index (κ3) is 4.71. The van der Waals surface area contributed by atoms with Crippen LogP contribution in [0.25, 0.3) is 0 Å². The van der Waals surface area contributed by atoms with Crippen molar-refractivity contribution in [1.29, 1.82) is 0 Å². The van der Waals surface area contributed by atoms with Gasteiger partial charge < -0.3 is 20.5 Å². The van der Waals surface area contributed by atoms with Crippen LogP contribution in [0.5, 0.6) is 5.75 Å². The van der Waals surface area contributed by atoms with E-state index in [1.807, 2.05) is 6.92 Å². The van der Waals surface area contributed by atoms with Crippen molar-refractivity contribution in [2.45, 2.75) is 38.1 Å². The van der Waals surface area contributed by atoms with E-state index in [2.05, 4.69) is 10.6 Å². The van der Waals surface area contributed by atoms with Crippen molar-refractivity contribution >= 4 is 17.8 Å². The number of carboxylic acids is 1. The molecule has 0 radical (unpaired) electrons. The Morgan fingerprint density at radius 3 is 2.38 bits per heavy atom. The smallest absolute Gasteiger partial charge is 0.305 e. The fraction of sp³-hybridized carbons (Fsp3) is 0.471. The van der Waals surface area contributed by atoms with Crippen LogP contribution in [0, 0.1) is 0 Å². The second-order valence-electron chi connectivity index (χ2n) is 5.89. The Bertz CT molecular complexity index is 608. The maximum atomic E-state index is 12.0. The maximum Gasteiger partial charge on any atom is 0.305 e. The number of amides is 2. The summed E-state index contributed by atoms with van der Waals surface area (Å²) in [5.41, 5.74) is -0.234. The van der Waals surface area contributed by atoms with E-state index in [-0.39, 0.29) is 24.8 Å². The van der Waals surface area contributed by atoms with Gasteiger partial charge in [-0.3, -0.25) is 14.4 Å². The normalized spacial score (nSPS) is 15.0. The summed E-state index contributed by atoms with van der Waals surface area (Å²) in [6.07, 6.45) is 2.10. The predicted molar refractivity (Wildman–Crippen MR) is 86.9 cm³/mol. The van der Waals surface area contributed by atoms with E-state index in [1.165, 1.54) is 0 Å². The number of hydrogen-bond acceptors (Lipinski definition) is 4. The summed E-state index contributed by atoms with van der Waals surface area (Å²) in [5, 5.41) is 14.2. The molecule has 0 saturated heterocycles. The Morgan fingerprint density at radius 2 is 1.88 bits per heavy atom. The van der Waals surface area contributed by atoms with E-state index in [1.54, 1.807) is 24.3 Å². The minimum atomic E-state index is -0.937. The van der Waals surface area contributed by atoms with E-state index in [4.69, 9.17) is 9.84 Å². The summed E-state index contributed by atoms with van der Waals surface area (Å²) in [5.74, 6) is -1.01. The van der Waals surface area contributed by atoms with Crippen LogP contribution in [0.2, 0.25) is 0 Å². The molecule has 24 heavy (non-hydrogen) atoms. The fourth-order valence-electron chi connectivity index (χ4n) is 2.71. The number of rotatable bonds is 8. The SMILES string of the molecule is CCOc1ccc(C(=O)NCC(=O)NC2(CC(=O)O)CCC2)cc1. The van der Waals surface area contributed by atoms with Gasteiger partial charge in [0.15, 0.2) is 0 Å². The lowest BCUT2D eigenvalue weighted by molar-refractivity contribution is -0.140. The molecule has 0 bridgehead atoms. The van der Waals surface area contributed by atoms with Gasteiger partial charge in [0.25, 0.3) is 5.91 Å². The number of hydrogen-bond donors (Lipinski definition) is 3. The zero-order valence-corrected chi connectivity index (χ0v) is 13.6. The van der Waals surface area contributed by atoms with Crippen LogP contribution >= 0.6 is 0 Å². The van der Waals surface area contributed by atoms with E-state index < -0.39 is 11.5 Å². The Balaban J connectivity index is 1.82. The van der Waals surface area contributed by atoms with Gasteiger partial charge in [-0.05, 0) is 50.5 Å². The van der Waals surface area contributed by atoms with Gasteiger partial charge in [-0.25, -0.2) is 0 Å². The summed E-state index contributed by atoms with van der Waals surface area (Å²) in [4.78, 5) is 34.9. The molecule has 130 valence electrons. The summed E-state index contributed by atoms with van der Waals surface area (Å²) >= 11 is 0. The standard InChI is InChI=1S/C17H22N2O5/c1-2-24-13-6-4-12(5-7-13)16(23)18-11-14(20)19-17(8-3-9-17)10-15(21)22/h4-7H,2-3,8-11H2,1H3,(H,18,23)(H,19,20)(H,21,22). The van der Waals surface area contributed by atoms with Crippen molar-refractivity contribution in [3.8, 4) is 5.75 Å². The van der Waals surface area contributed by atoms with Crippen LogP contribution < -0.4 is 15.4 Å². The van der Waals surface area contributed by atoms with Crippen LogP contribution in [0.15, 0.2) is 24.3 Å². The van der Waals surface area contributed by atoms with Crippen molar-refractivity contribution in [3.05, 3.63) is 29.8 Å². The molecule has 0 aromatic heterocycles. The van der Waals surface area contributed by atoms with Crippen LogP contribution in [0.4, 0.5) is 0 Å². The molecule has 2 rings (SSSR count). The summed E-state index contributed by atoms with van der Waals surface area (Å²) < 4.78 is 5.30. The summed E-state index contributed by atoms with van der Waals surface area (Å²) in [6.45, 7) is 2.23. The highest BCUT2D eigenvalue weighted by Crippen LogP contribution is 2.34. The van der Waals surface area contributed by atoms with Gasteiger partial charge in [0.1, 0.15) is 5.75 Å². The third-order valence-electron chi connectivity index (χ3n) is 4.04. The largest absolute Gasteiger partial charge is 0.494 e. The molecule has 7 nitrogen and oxygen atoms in total.